The van der Waals surface area contributed by atoms with Crippen LogP contribution >= 0.6 is 0 Å². The molecule has 0 spiro atoms. The van der Waals surface area contributed by atoms with Crippen LogP contribution in [0.25, 0.3) is 10.9 Å². The summed E-state index contributed by atoms with van der Waals surface area (Å²) in [5.41, 5.74) is 1.79. The molecule has 1 unspecified atom stereocenters. The van der Waals surface area contributed by atoms with Gasteiger partial charge in [-0.15, -0.1) is 0 Å². The number of carbonyl (C=O) groups excluding carboxylic acids is 1. The van der Waals surface area contributed by atoms with Crippen molar-refractivity contribution in [3.63, 3.8) is 0 Å². The number of fused-ring (bicyclic) bond motifs is 1. The molecule has 2 aromatic carbocycles. The molecule has 1 aliphatic heterocycles. The Bertz CT molecular complexity index is 983. The molecular formula is C20H19N3O4. The number of hydrogen-bond acceptors (Lipinski definition) is 4. The summed E-state index contributed by atoms with van der Waals surface area (Å²) < 4.78 is 7.58. The number of carbonyl (C=O) groups is 1. The van der Waals surface area contributed by atoms with Crippen LogP contribution in [0.15, 0.2) is 60.8 Å². The standard InChI is InChI=1S/C20H19N3O4/c24-20(22-11-12-27-19(13-22)15-5-2-1-3-6-15)14-21-10-9-16-17(21)7-4-8-18(16)23(25)26/h1-10,19H,11-14H2. The highest BCUT2D eigenvalue weighted by atomic mass is 16.6. The third kappa shape index (κ3) is 3.41. The second-order valence-corrected chi connectivity index (χ2v) is 6.52. The van der Waals surface area contributed by atoms with E-state index in [2.05, 4.69) is 0 Å². The molecule has 138 valence electrons. The van der Waals surface area contributed by atoms with E-state index in [1.54, 1.807) is 33.9 Å². The number of aromatic nitrogens is 1. The maximum absolute atomic E-state index is 12.8. The van der Waals surface area contributed by atoms with Gasteiger partial charge in [0.15, 0.2) is 0 Å². The molecule has 7 heteroatoms. The molecule has 1 atom stereocenters. The van der Waals surface area contributed by atoms with E-state index >= 15 is 0 Å². The topological polar surface area (TPSA) is 77.6 Å². The van der Waals surface area contributed by atoms with E-state index in [0.717, 1.165) is 5.56 Å². The second kappa shape index (κ2) is 7.20. The van der Waals surface area contributed by atoms with Crippen LogP contribution < -0.4 is 0 Å². The molecule has 0 aliphatic carbocycles. The van der Waals surface area contributed by atoms with Crippen molar-refractivity contribution in [2.24, 2.45) is 0 Å². The van der Waals surface area contributed by atoms with Gasteiger partial charge in [-0.1, -0.05) is 36.4 Å². The highest BCUT2D eigenvalue weighted by Gasteiger charge is 2.26. The maximum Gasteiger partial charge on any atom is 0.278 e. The van der Waals surface area contributed by atoms with E-state index < -0.39 is 4.92 Å². The highest BCUT2D eigenvalue weighted by Crippen LogP contribution is 2.27. The van der Waals surface area contributed by atoms with Crippen LogP contribution in [0, 0.1) is 10.1 Å². The van der Waals surface area contributed by atoms with Crippen molar-refractivity contribution >= 4 is 22.5 Å². The fourth-order valence-corrected chi connectivity index (χ4v) is 3.50. The van der Waals surface area contributed by atoms with E-state index in [-0.39, 0.29) is 24.2 Å². The summed E-state index contributed by atoms with van der Waals surface area (Å²) in [6.45, 7) is 1.68. The molecule has 2 heterocycles. The number of nitro groups is 1. The third-order valence-electron chi connectivity index (χ3n) is 4.88. The lowest BCUT2D eigenvalue weighted by atomic mass is 10.1. The number of amides is 1. The lowest BCUT2D eigenvalue weighted by Crippen LogP contribution is -2.43. The molecule has 0 radical (unpaired) electrons. The predicted octanol–water partition coefficient (Wildman–Crippen LogP) is 3.15. The van der Waals surface area contributed by atoms with Crippen LogP contribution in [-0.4, -0.2) is 40.0 Å². The van der Waals surface area contributed by atoms with Gasteiger partial charge in [0.2, 0.25) is 5.91 Å². The molecule has 0 bridgehead atoms. The molecule has 1 fully saturated rings. The molecule has 1 amide bonds. The zero-order valence-corrected chi connectivity index (χ0v) is 14.7. The average Bonchev–Trinajstić information content (AvgIpc) is 3.11. The summed E-state index contributed by atoms with van der Waals surface area (Å²) in [7, 11) is 0. The van der Waals surface area contributed by atoms with Crippen molar-refractivity contribution in [1.29, 1.82) is 0 Å². The number of hydrogen-bond donors (Lipinski definition) is 0. The van der Waals surface area contributed by atoms with E-state index in [1.807, 2.05) is 30.3 Å². The van der Waals surface area contributed by atoms with E-state index in [9.17, 15) is 14.9 Å². The Kier molecular flexibility index (Phi) is 4.60. The van der Waals surface area contributed by atoms with Gasteiger partial charge >= 0.3 is 0 Å². The Morgan fingerprint density at radius 1 is 1.15 bits per heavy atom. The molecule has 7 nitrogen and oxygen atoms in total. The first-order valence-electron chi connectivity index (χ1n) is 8.80. The first-order chi connectivity index (χ1) is 13.1. The number of nitrogens with zero attached hydrogens (tertiary/aromatic N) is 3. The van der Waals surface area contributed by atoms with Crippen molar-refractivity contribution in [2.75, 3.05) is 19.7 Å². The zero-order chi connectivity index (χ0) is 18.8. The summed E-state index contributed by atoms with van der Waals surface area (Å²) in [5, 5.41) is 11.7. The van der Waals surface area contributed by atoms with Crippen molar-refractivity contribution in [3.05, 3.63) is 76.5 Å². The molecule has 4 rings (SSSR count). The predicted molar refractivity (Wildman–Crippen MR) is 100 cm³/mol. The molecule has 0 saturated carbocycles. The van der Waals surface area contributed by atoms with Crippen molar-refractivity contribution in [2.45, 2.75) is 12.6 Å². The quantitative estimate of drug-likeness (QED) is 0.526. The Balaban J connectivity index is 1.52. The van der Waals surface area contributed by atoms with Crippen molar-refractivity contribution < 1.29 is 14.5 Å². The van der Waals surface area contributed by atoms with Crippen LogP contribution in [0.1, 0.15) is 11.7 Å². The maximum atomic E-state index is 12.8. The monoisotopic (exact) mass is 365 g/mol. The number of non-ortho nitro benzene ring substituents is 1. The molecule has 0 N–H and O–H groups in total. The molecule has 27 heavy (non-hydrogen) atoms. The molecular weight excluding hydrogens is 346 g/mol. The van der Waals surface area contributed by atoms with Crippen molar-refractivity contribution in [3.8, 4) is 0 Å². The van der Waals surface area contributed by atoms with Gasteiger partial charge < -0.3 is 14.2 Å². The lowest BCUT2D eigenvalue weighted by molar-refractivity contribution is -0.383. The summed E-state index contributed by atoms with van der Waals surface area (Å²) in [4.78, 5) is 25.4. The largest absolute Gasteiger partial charge is 0.370 e. The normalized spacial score (nSPS) is 17.2. The van der Waals surface area contributed by atoms with Gasteiger partial charge in [0.05, 0.1) is 29.0 Å². The number of ether oxygens (including phenoxy) is 1. The van der Waals surface area contributed by atoms with Gasteiger partial charge in [0, 0.05) is 18.8 Å². The second-order valence-electron chi connectivity index (χ2n) is 6.52. The van der Waals surface area contributed by atoms with Gasteiger partial charge in [-0.25, -0.2) is 0 Å². The Morgan fingerprint density at radius 2 is 1.96 bits per heavy atom. The summed E-state index contributed by atoms with van der Waals surface area (Å²) in [6.07, 6.45) is 1.59. The van der Waals surface area contributed by atoms with Crippen molar-refractivity contribution in [1.82, 2.24) is 9.47 Å². The van der Waals surface area contributed by atoms with Crippen LogP contribution in [0.5, 0.6) is 0 Å². The summed E-state index contributed by atoms with van der Waals surface area (Å²) in [5.74, 6) is -0.0248. The first kappa shape index (κ1) is 17.2. The van der Waals surface area contributed by atoms with Crippen LogP contribution in [0.2, 0.25) is 0 Å². The van der Waals surface area contributed by atoms with Gasteiger partial charge in [-0.3, -0.25) is 14.9 Å². The summed E-state index contributed by atoms with van der Waals surface area (Å²) in [6, 6.07) is 16.5. The number of rotatable bonds is 4. The Hall–Kier alpha value is -3.19. The molecule has 3 aromatic rings. The average molecular weight is 365 g/mol. The van der Waals surface area contributed by atoms with Gasteiger partial charge in [-0.2, -0.15) is 0 Å². The minimum absolute atomic E-state index is 0.0248. The van der Waals surface area contributed by atoms with Gasteiger partial charge in [-0.05, 0) is 17.7 Å². The van der Waals surface area contributed by atoms with Crippen LogP contribution in [0.3, 0.4) is 0 Å². The zero-order valence-electron chi connectivity index (χ0n) is 14.7. The number of morpholine rings is 1. The minimum atomic E-state index is -0.402. The first-order valence-corrected chi connectivity index (χ1v) is 8.80. The van der Waals surface area contributed by atoms with E-state index in [1.165, 1.54) is 6.07 Å². The van der Waals surface area contributed by atoms with Gasteiger partial charge in [0.25, 0.3) is 5.69 Å². The molecule has 1 aliphatic rings. The SMILES string of the molecule is O=C(Cn1ccc2c([N+](=O)[O-])cccc21)N1CCOC(c2ccccc2)C1. The Labute approximate surface area is 155 Å². The van der Waals surface area contributed by atoms with Crippen LogP contribution in [-0.2, 0) is 16.1 Å². The van der Waals surface area contributed by atoms with Gasteiger partial charge in [0.1, 0.15) is 12.6 Å². The number of nitro benzene ring substituents is 1. The molecule has 1 saturated heterocycles. The van der Waals surface area contributed by atoms with Crippen LogP contribution in [0.4, 0.5) is 5.69 Å². The highest BCUT2D eigenvalue weighted by molar-refractivity contribution is 5.90. The minimum Gasteiger partial charge on any atom is -0.370 e. The van der Waals surface area contributed by atoms with E-state index in [4.69, 9.17) is 4.74 Å². The van der Waals surface area contributed by atoms with E-state index in [0.29, 0.717) is 30.6 Å². The smallest absolute Gasteiger partial charge is 0.278 e. The number of benzene rings is 2. The lowest BCUT2D eigenvalue weighted by Gasteiger charge is -2.33. The fourth-order valence-electron chi connectivity index (χ4n) is 3.50. The molecule has 1 aromatic heterocycles. The Morgan fingerprint density at radius 3 is 2.74 bits per heavy atom. The summed E-state index contributed by atoms with van der Waals surface area (Å²) >= 11 is 0. The fraction of sp³-hybridized carbons (Fsp3) is 0.250. The third-order valence-corrected chi connectivity index (χ3v) is 4.88.